The van der Waals surface area contributed by atoms with E-state index in [1.165, 1.54) is 6.07 Å². The van der Waals surface area contributed by atoms with Crippen LogP contribution in [-0.2, 0) is 11.2 Å². The Labute approximate surface area is 112 Å². The molecule has 1 aromatic rings. The molecule has 0 bridgehead atoms. The second-order valence-electron chi connectivity index (χ2n) is 4.78. The number of hydrogen-bond donors (Lipinski definition) is 2. The van der Waals surface area contributed by atoms with E-state index in [-0.39, 0.29) is 11.5 Å². The van der Waals surface area contributed by atoms with Crippen molar-refractivity contribution in [2.75, 3.05) is 11.4 Å². The van der Waals surface area contributed by atoms with Gasteiger partial charge in [-0.3, -0.25) is 4.79 Å². The molecular weight excluding hydrogens is 244 g/mol. The number of carbonyl (C=O) groups excluding carboxylic acids is 1. The van der Waals surface area contributed by atoms with E-state index in [9.17, 15) is 9.59 Å². The van der Waals surface area contributed by atoms with E-state index in [0.717, 1.165) is 17.7 Å². The molecule has 1 aliphatic heterocycles. The molecule has 1 aromatic carbocycles. The maximum absolute atomic E-state index is 12.2. The van der Waals surface area contributed by atoms with Crippen LogP contribution in [0, 0.1) is 0 Å². The number of carboxylic acids is 1. The summed E-state index contributed by atoms with van der Waals surface area (Å²) < 4.78 is 0. The normalized spacial score (nSPS) is 15.2. The molecule has 19 heavy (non-hydrogen) atoms. The Kier molecular flexibility index (Phi) is 3.85. The minimum atomic E-state index is -0.949. The zero-order valence-corrected chi connectivity index (χ0v) is 10.9. The first-order valence-electron chi connectivity index (χ1n) is 6.47. The van der Waals surface area contributed by atoms with Gasteiger partial charge in [0.2, 0.25) is 5.91 Å². The molecule has 1 aliphatic rings. The van der Waals surface area contributed by atoms with E-state index in [1.807, 2.05) is 6.92 Å². The van der Waals surface area contributed by atoms with Gasteiger partial charge in [0.1, 0.15) is 0 Å². The lowest BCUT2D eigenvalue weighted by molar-refractivity contribution is -0.119. The van der Waals surface area contributed by atoms with Gasteiger partial charge in [0.25, 0.3) is 0 Å². The Morgan fingerprint density at radius 3 is 2.84 bits per heavy atom. The van der Waals surface area contributed by atoms with Gasteiger partial charge in [0.05, 0.1) is 11.6 Å². The van der Waals surface area contributed by atoms with Crippen LogP contribution in [0.4, 0.5) is 5.69 Å². The van der Waals surface area contributed by atoms with Crippen molar-refractivity contribution in [3.8, 4) is 0 Å². The molecule has 0 saturated carbocycles. The summed E-state index contributed by atoms with van der Waals surface area (Å²) in [7, 11) is 0. The SMILES string of the molecule is CCCC(N)C(=O)N1CCc2cc(C(=O)O)ccc21. The van der Waals surface area contributed by atoms with E-state index in [2.05, 4.69) is 0 Å². The van der Waals surface area contributed by atoms with Crippen molar-refractivity contribution in [2.24, 2.45) is 5.73 Å². The van der Waals surface area contributed by atoms with E-state index in [0.29, 0.717) is 19.4 Å². The average Bonchev–Trinajstić information content (AvgIpc) is 2.80. The number of carbonyl (C=O) groups is 2. The molecule has 0 saturated heterocycles. The second-order valence-corrected chi connectivity index (χ2v) is 4.78. The summed E-state index contributed by atoms with van der Waals surface area (Å²) in [5.41, 5.74) is 7.81. The fraction of sp³-hybridized carbons (Fsp3) is 0.429. The molecule has 0 fully saturated rings. The van der Waals surface area contributed by atoms with Gasteiger partial charge < -0.3 is 15.7 Å². The summed E-state index contributed by atoms with van der Waals surface area (Å²) in [6, 6.07) is 4.38. The zero-order valence-electron chi connectivity index (χ0n) is 10.9. The Bertz CT molecular complexity index is 513. The molecule has 2 rings (SSSR count). The summed E-state index contributed by atoms with van der Waals surface area (Å²) in [6.07, 6.45) is 2.21. The lowest BCUT2D eigenvalue weighted by atomic mass is 10.1. The number of nitrogens with two attached hydrogens (primary N) is 1. The Morgan fingerprint density at radius 2 is 2.21 bits per heavy atom. The van der Waals surface area contributed by atoms with Crippen molar-refractivity contribution in [3.63, 3.8) is 0 Å². The molecule has 0 aliphatic carbocycles. The number of amides is 1. The molecule has 102 valence electrons. The Morgan fingerprint density at radius 1 is 1.47 bits per heavy atom. The third-order valence-electron chi connectivity index (χ3n) is 3.40. The summed E-state index contributed by atoms with van der Waals surface area (Å²) in [6.45, 7) is 2.57. The van der Waals surface area contributed by atoms with Crippen molar-refractivity contribution in [1.82, 2.24) is 0 Å². The van der Waals surface area contributed by atoms with Gasteiger partial charge in [0, 0.05) is 12.2 Å². The standard InChI is InChI=1S/C14H18N2O3/c1-2-3-11(15)13(17)16-7-6-9-8-10(14(18)19)4-5-12(9)16/h4-5,8,11H,2-3,6-7,15H2,1H3,(H,18,19). The predicted octanol–water partition coefficient (Wildman–Crippen LogP) is 1.40. The van der Waals surface area contributed by atoms with Crippen LogP contribution in [0.25, 0.3) is 0 Å². The number of nitrogens with zero attached hydrogens (tertiary/aromatic N) is 1. The van der Waals surface area contributed by atoms with Crippen molar-refractivity contribution in [1.29, 1.82) is 0 Å². The Balaban J connectivity index is 2.23. The van der Waals surface area contributed by atoms with Gasteiger partial charge in [0.15, 0.2) is 0 Å². The van der Waals surface area contributed by atoms with Gasteiger partial charge in [-0.05, 0) is 36.6 Å². The highest BCUT2D eigenvalue weighted by Crippen LogP contribution is 2.29. The number of aromatic carboxylic acids is 1. The van der Waals surface area contributed by atoms with Gasteiger partial charge in [-0.25, -0.2) is 4.79 Å². The summed E-state index contributed by atoms with van der Waals surface area (Å²) in [5.74, 6) is -1.03. The molecule has 1 heterocycles. The first-order valence-corrected chi connectivity index (χ1v) is 6.47. The van der Waals surface area contributed by atoms with Crippen molar-refractivity contribution >= 4 is 17.6 Å². The number of benzene rings is 1. The second kappa shape index (κ2) is 5.40. The molecule has 5 nitrogen and oxygen atoms in total. The van der Waals surface area contributed by atoms with Crippen LogP contribution in [0.3, 0.4) is 0 Å². The van der Waals surface area contributed by atoms with Crippen LogP contribution in [0.15, 0.2) is 18.2 Å². The van der Waals surface area contributed by atoms with Crippen LogP contribution < -0.4 is 10.6 Å². The molecule has 0 aromatic heterocycles. The van der Waals surface area contributed by atoms with Gasteiger partial charge in [-0.1, -0.05) is 13.3 Å². The van der Waals surface area contributed by atoms with E-state index >= 15 is 0 Å². The summed E-state index contributed by atoms with van der Waals surface area (Å²) >= 11 is 0. The summed E-state index contributed by atoms with van der Waals surface area (Å²) in [5, 5.41) is 8.95. The number of carboxylic acid groups (broad SMARTS) is 1. The smallest absolute Gasteiger partial charge is 0.335 e. The lowest BCUT2D eigenvalue weighted by Gasteiger charge is -2.21. The highest BCUT2D eigenvalue weighted by molar-refractivity contribution is 5.99. The molecule has 0 spiro atoms. The number of anilines is 1. The first-order chi connectivity index (χ1) is 9.04. The molecule has 1 amide bonds. The molecule has 3 N–H and O–H groups in total. The predicted molar refractivity (Wildman–Crippen MR) is 72.3 cm³/mol. The van der Waals surface area contributed by atoms with E-state index in [1.54, 1.807) is 17.0 Å². The number of fused-ring (bicyclic) bond motifs is 1. The molecule has 1 atom stereocenters. The first kappa shape index (κ1) is 13.5. The average molecular weight is 262 g/mol. The molecule has 0 radical (unpaired) electrons. The lowest BCUT2D eigenvalue weighted by Crippen LogP contribution is -2.43. The van der Waals surface area contributed by atoms with Crippen LogP contribution in [-0.4, -0.2) is 29.6 Å². The summed E-state index contributed by atoms with van der Waals surface area (Å²) in [4.78, 5) is 24.8. The highest BCUT2D eigenvalue weighted by Gasteiger charge is 2.28. The fourth-order valence-corrected chi connectivity index (χ4v) is 2.40. The van der Waals surface area contributed by atoms with Crippen molar-refractivity contribution < 1.29 is 14.7 Å². The van der Waals surface area contributed by atoms with Crippen molar-refractivity contribution in [2.45, 2.75) is 32.2 Å². The van der Waals surface area contributed by atoms with Gasteiger partial charge in [-0.2, -0.15) is 0 Å². The van der Waals surface area contributed by atoms with Crippen LogP contribution >= 0.6 is 0 Å². The Hall–Kier alpha value is -1.88. The quantitative estimate of drug-likeness (QED) is 0.859. The van der Waals surface area contributed by atoms with Crippen molar-refractivity contribution in [3.05, 3.63) is 29.3 Å². The monoisotopic (exact) mass is 262 g/mol. The maximum Gasteiger partial charge on any atom is 0.335 e. The number of hydrogen-bond acceptors (Lipinski definition) is 3. The van der Waals surface area contributed by atoms with Gasteiger partial charge in [-0.15, -0.1) is 0 Å². The zero-order chi connectivity index (χ0) is 14.0. The third kappa shape index (κ3) is 2.61. The minimum Gasteiger partial charge on any atom is -0.478 e. The molecular formula is C14H18N2O3. The van der Waals surface area contributed by atoms with Gasteiger partial charge >= 0.3 is 5.97 Å². The minimum absolute atomic E-state index is 0.0799. The molecule has 1 unspecified atom stereocenters. The number of rotatable bonds is 4. The van der Waals surface area contributed by atoms with Crippen LogP contribution in [0.1, 0.15) is 35.7 Å². The third-order valence-corrected chi connectivity index (χ3v) is 3.40. The fourth-order valence-electron chi connectivity index (χ4n) is 2.40. The van der Waals surface area contributed by atoms with E-state index < -0.39 is 12.0 Å². The maximum atomic E-state index is 12.2. The largest absolute Gasteiger partial charge is 0.478 e. The molecule has 5 heteroatoms. The van der Waals surface area contributed by atoms with Crippen LogP contribution in [0.5, 0.6) is 0 Å². The highest BCUT2D eigenvalue weighted by atomic mass is 16.4. The topological polar surface area (TPSA) is 83.6 Å². The van der Waals surface area contributed by atoms with E-state index in [4.69, 9.17) is 10.8 Å². The van der Waals surface area contributed by atoms with Crippen LogP contribution in [0.2, 0.25) is 0 Å².